The third-order valence-corrected chi connectivity index (χ3v) is 1.08. The van der Waals surface area contributed by atoms with E-state index in [2.05, 4.69) is 22.4 Å². The Morgan fingerprint density at radius 1 is 1.64 bits per heavy atom. The first-order valence-electron chi connectivity index (χ1n) is 3.39. The van der Waals surface area contributed by atoms with Crippen molar-refractivity contribution in [1.82, 2.24) is 15.8 Å². The lowest BCUT2D eigenvalue weighted by Crippen LogP contribution is -2.20. The molecule has 1 heterocycles. The van der Waals surface area contributed by atoms with Crippen molar-refractivity contribution in [3.8, 4) is 0 Å². The van der Waals surface area contributed by atoms with E-state index in [4.69, 9.17) is 0 Å². The Balaban J connectivity index is 2.33. The summed E-state index contributed by atoms with van der Waals surface area (Å²) in [4.78, 5) is 3.99. The largest absolute Gasteiger partial charge is 0.236 e. The summed E-state index contributed by atoms with van der Waals surface area (Å²) in [6.45, 7) is 4.21. The molecule has 0 unspecified atom stereocenters. The molecule has 0 aliphatic heterocycles. The van der Waals surface area contributed by atoms with E-state index < -0.39 is 0 Å². The minimum absolute atomic E-state index is 0.663. The van der Waals surface area contributed by atoms with Crippen molar-refractivity contribution in [2.45, 2.75) is 0 Å². The van der Waals surface area contributed by atoms with Crippen LogP contribution in [-0.2, 0) is 0 Å². The molecule has 0 spiro atoms. The average molecular weight is 148 g/mol. The van der Waals surface area contributed by atoms with Crippen LogP contribution in [0, 0.1) is 0 Å². The predicted octanol–water partition coefficient (Wildman–Crippen LogP) is 1.01. The van der Waals surface area contributed by atoms with Crippen LogP contribution in [0.4, 0.5) is 5.82 Å². The topological polar surface area (TPSA) is 39.0 Å². The van der Waals surface area contributed by atoms with Crippen molar-refractivity contribution >= 4 is 5.82 Å². The first-order chi connectivity index (χ1) is 5.43. The Morgan fingerprint density at radius 3 is 3.18 bits per heavy atom. The van der Waals surface area contributed by atoms with Gasteiger partial charge < -0.3 is 0 Å². The monoisotopic (exact) mass is 148 g/mol. The second-order valence-corrected chi connectivity index (χ2v) is 1.95. The fourth-order valence-corrected chi connectivity index (χ4v) is 0.611. The maximum atomic E-state index is 3.99. The second kappa shape index (κ2) is 4.46. The SMILES string of the molecule is C=CCN[N]c1ccccn1. The van der Waals surface area contributed by atoms with E-state index in [0.29, 0.717) is 12.4 Å². The molecule has 1 aromatic heterocycles. The summed E-state index contributed by atoms with van der Waals surface area (Å²) < 4.78 is 0. The molecule has 0 amide bonds. The molecule has 0 saturated carbocycles. The molecule has 0 aliphatic carbocycles. The second-order valence-electron chi connectivity index (χ2n) is 1.95. The van der Waals surface area contributed by atoms with Crippen LogP contribution >= 0.6 is 0 Å². The Hall–Kier alpha value is -1.35. The van der Waals surface area contributed by atoms with E-state index in [1.807, 2.05) is 18.2 Å². The molecule has 0 saturated heterocycles. The van der Waals surface area contributed by atoms with E-state index in [-0.39, 0.29) is 0 Å². The minimum Gasteiger partial charge on any atom is -0.236 e. The number of hydrogen-bond acceptors (Lipinski definition) is 2. The number of hydrogen-bond donors (Lipinski definition) is 1. The Morgan fingerprint density at radius 2 is 2.55 bits per heavy atom. The highest BCUT2D eigenvalue weighted by Gasteiger charge is 1.88. The van der Waals surface area contributed by atoms with Crippen LogP contribution < -0.4 is 10.9 Å². The van der Waals surface area contributed by atoms with Gasteiger partial charge in [-0.1, -0.05) is 12.1 Å². The maximum absolute atomic E-state index is 3.99. The van der Waals surface area contributed by atoms with Gasteiger partial charge in [0.2, 0.25) is 0 Å². The molecule has 0 bridgehead atoms. The first-order valence-corrected chi connectivity index (χ1v) is 3.39. The van der Waals surface area contributed by atoms with Crippen molar-refractivity contribution in [2.75, 3.05) is 6.54 Å². The van der Waals surface area contributed by atoms with Crippen molar-refractivity contribution in [2.24, 2.45) is 0 Å². The van der Waals surface area contributed by atoms with Crippen molar-refractivity contribution < 1.29 is 0 Å². The van der Waals surface area contributed by atoms with E-state index in [0.717, 1.165) is 0 Å². The van der Waals surface area contributed by atoms with Gasteiger partial charge in [0.1, 0.15) is 0 Å². The highest BCUT2D eigenvalue weighted by atomic mass is 15.4. The summed E-state index contributed by atoms with van der Waals surface area (Å²) in [5.41, 5.74) is 6.76. The molecule has 3 nitrogen and oxygen atoms in total. The lowest BCUT2D eigenvalue weighted by molar-refractivity contribution is 0.666. The molecular formula is C8H10N3. The van der Waals surface area contributed by atoms with Gasteiger partial charge in [0.15, 0.2) is 5.82 Å². The summed E-state index contributed by atoms with van der Waals surface area (Å²) in [7, 11) is 0. The van der Waals surface area contributed by atoms with Crippen LogP contribution in [0.1, 0.15) is 0 Å². The zero-order valence-electron chi connectivity index (χ0n) is 6.20. The van der Waals surface area contributed by atoms with Gasteiger partial charge >= 0.3 is 0 Å². The Kier molecular flexibility index (Phi) is 3.15. The summed E-state index contributed by atoms with van der Waals surface area (Å²) in [6.07, 6.45) is 3.45. The molecule has 1 radical (unpaired) electrons. The van der Waals surface area contributed by atoms with Crippen LogP contribution in [0.15, 0.2) is 37.1 Å². The molecule has 1 N–H and O–H groups in total. The van der Waals surface area contributed by atoms with Gasteiger partial charge in [0.05, 0.1) is 0 Å². The highest BCUT2D eigenvalue weighted by Crippen LogP contribution is 1.96. The normalized spacial score (nSPS) is 9.09. The van der Waals surface area contributed by atoms with Crippen LogP contribution in [0.2, 0.25) is 0 Å². The number of pyridine rings is 1. The summed E-state index contributed by atoms with van der Waals surface area (Å²) >= 11 is 0. The van der Waals surface area contributed by atoms with Gasteiger partial charge in [0, 0.05) is 12.7 Å². The van der Waals surface area contributed by atoms with E-state index >= 15 is 0 Å². The van der Waals surface area contributed by atoms with Gasteiger partial charge in [-0.3, -0.25) is 0 Å². The molecule has 0 atom stereocenters. The van der Waals surface area contributed by atoms with Crippen molar-refractivity contribution in [3.63, 3.8) is 0 Å². The average Bonchev–Trinajstić information content (AvgIpc) is 2.07. The first kappa shape index (κ1) is 7.75. The third-order valence-electron chi connectivity index (χ3n) is 1.08. The fraction of sp³-hybridized carbons (Fsp3) is 0.125. The maximum Gasteiger partial charge on any atom is 0.165 e. The van der Waals surface area contributed by atoms with Gasteiger partial charge in [-0.2, -0.15) is 5.43 Å². The van der Waals surface area contributed by atoms with Gasteiger partial charge in [-0.25, -0.2) is 10.4 Å². The summed E-state index contributed by atoms with van der Waals surface area (Å²) in [5, 5.41) is 0. The zero-order chi connectivity index (χ0) is 7.94. The van der Waals surface area contributed by atoms with Crippen molar-refractivity contribution in [1.29, 1.82) is 0 Å². The van der Waals surface area contributed by atoms with Gasteiger partial charge in [-0.05, 0) is 12.1 Å². The van der Waals surface area contributed by atoms with Crippen LogP contribution in [0.25, 0.3) is 0 Å². The molecule has 0 fully saturated rings. The summed E-state index contributed by atoms with van der Waals surface area (Å²) in [6, 6.07) is 5.57. The van der Waals surface area contributed by atoms with Crippen LogP contribution in [0.3, 0.4) is 0 Å². The van der Waals surface area contributed by atoms with Gasteiger partial charge in [-0.15, -0.1) is 6.58 Å². The predicted molar refractivity (Wildman–Crippen MR) is 44.2 cm³/mol. The summed E-state index contributed by atoms with van der Waals surface area (Å²) in [5.74, 6) is 0.689. The molecular weight excluding hydrogens is 138 g/mol. The van der Waals surface area contributed by atoms with Crippen molar-refractivity contribution in [3.05, 3.63) is 37.1 Å². The smallest absolute Gasteiger partial charge is 0.165 e. The van der Waals surface area contributed by atoms with Gasteiger partial charge in [0.25, 0.3) is 0 Å². The molecule has 0 aliphatic rings. The highest BCUT2D eigenvalue weighted by molar-refractivity contribution is 5.22. The van der Waals surface area contributed by atoms with Crippen LogP contribution in [0.5, 0.6) is 0 Å². The standard InChI is InChI=1S/C8H10N3/c1-2-6-10-11-8-5-3-4-7-9-8/h2-5,7,10H,1,6H2. The fourth-order valence-electron chi connectivity index (χ4n) is 0.611. The third kappa shape index (κ3) is 2.82. The Bertz CT molecular complexity index is 208. The lowest BCUT2D eigenvalue weighted by atomic mass is 10.5. The molecule has 0 aromatic carbocycles. The number of rotatable bonds is 4. The Labute approximate surface area is 66.1 Å². The molecule has 1 aromatic rings. The quantitative estimate of drug-likeness (QED) is 0.393. The molecule has 11 heavy (non-hydrogen) atoms. The zero-order valence-corrected chi connectivity index (χ0v) is 6.20. The van der Waals surface area contributed by atoms with E-state index in [9.17, 15) is 0 Å². The van der Waals surface area contributed by atoms with E-state index in [1.165, 1.54) is 0 Å². The number of aromatic nitrogens is 1. The molecule has 3 heteroatoms. The number of nitrogens with one attached hydrogen (secondary N) is 1. The molecule has 1 rings (SSSR count). The van der Waals surface area contributed by atoms with E-state index in [1.54, 1.807) is 12.3 Å². The van der Waals surface area contributed by atoms with Crippen LogP contribution in [-0.4, -0.2) is 11.5 Å². The number of nitrogens with zero attached hydrogens (tertiary/aromatic N) is 2. The molecule has 57 valence electrons. The lowest BCUT2D eigenvalue weighted by Gasteiger charge is -1.98. The minimum atomic E-state index is 0.663.